The number of carbonyl (C=O) groups excluding carboxylic acids is 1. The van der Waals surface area contributed by atoms with E-state index in [-0.39, 0.29) is 23.4 Å². The highest BCUT2D eigenvalue weighted by Crippen LogP contribution is 2.47. The third-order valence-corrected chi connectivity index (χ3v) is 4.70. The summed E-state index contributed by atoms with van der Waals surface area (Å²) in [5.41, 5.74) is 6.60. The monoisotopic (exact) mass is 274 g/mol. The summed E-state index contributed by atoms with van der Waals surface area (Å²) in [5.74, 6) is -0.565. The van der Waals surface area contributed by atoms with Crippen LogP contribution in [0.15, 0.2) is 24.3 Å². The fourth-order valence-electron chi connectivity index (χ4n) is 3.72. The van der Waals surface area contributed by atoms with Crippen LogP contribution in [0.5, 0.6) is 0 Å². The molecule has 2 bridgehead atoms. The lowest BCUT2D eigenvalue weighted by molar-refractivity contribution is -0.121. The van der Waals surface area contributed by atoms with Crippen molar-refractivity contribution >= 4 is 17.6 Å². The van der Waals surface area contributed by atoms with Gasteiger partial charge in [0, 0.05) is 6.04 Å². The minimum atomic E-state index is -1.04. The molecule has 20 heavy (non-hydrogen) atoms. The van der Waals surface area contributed by atoms with Crippen LogP contribution in [0.4, 0.5) is 5.69 Å². The van der Waals surface area contributed by atoms with Gasteiger partial charge < -0.3 is 16.2 Å². The predicted octanol–water partition coefficient (Wildman–Crippen LogP) is 1.70. The standard InChI is InChI=1S/C15H18N2O3/c16-13-9-6-5-8(7-9)12(13)14(18)17-11-4-2-1-3-10(11)15(19)20/h1-4,8-9,12-13H,5-7,16H2,(H,17,18)(H,19,20). The van der Waals surface area contributed by atoms with Gasteiger partial charge in [0.05, 0.1) is 17.2 Å². The van der Waals surface area contributed by atoms with Crippen LogP contribution in [0, 0.1) is 17.8 Å². The molecule has 0 saturated heterocycles. The number of carboxylic acid groups (broad SMARTS) is 1. The van der Waals surface area contributed by atoms with E-state index >= 15 is 0 Å². The second-order valence-electron chi connectivity index (χ2n) is 5.78. The van der Waals surface area contributed by atoms with Crippen LogP contribution in [0.25, 0.3) is 0 Å². The zero-order chi connectivity index (χ0) is 14.3. The fraction of sp³-hybridized carbons (Fsp3) is 0.467. The van der Waals surface area contributed by atoms with Gasteiger partial charge in [0.2, 0.25) is 5.91 Å². The molecule has 1 aromatic rings. The maximum absolute atomic E-state index is 12.4. The van der Waals surface area contributed by atoms with Crippen LogP contribution >= 0.6 is 0 Å². The molecule has 4 N–H and O–H groups in total. The van der Waals surface area contributed by atoms with Crippen molar-refractivity contribution in [3.05, 3.63) is 29.8 Å². The van der Waals surface area contributed by atoms with Crippen LogP contribution in [0.1, 0.15) is 29.6 Å². The minimum Gasteiger partial charge on any atom is -0.478 e. The maximum Gasteiger partial charge on any atom is 0.337 e. The van der Waals surface area contributed by atoms with Gasteiger partial charge in [0.15, 0.2) is 0 Å². The number of rotatable bonds is 3. The quantitative estimate of drug-likeness (QED) is 0.782. The molecule has 0 aliphatic heterocycles. The first-order valence-electron chi connectivity index (χ1n) is 6.96. The van der Waals surface area contributed by atoms with E-state index in [1.807, 2.05) is 0 Å². The van der Waals surface area contributed by atoms with Gasteiger partial charge in [-0.1, -0.05) is 12.1 Å². The molecule has 5 nitrogen and oxygen atoms in total. The summed E-state index contributed by atoms with van der Waals surface area (Å²) >= 11 is 0. The second kappa shape index (κ2) is 4.90. The molecular formula is C15H18N2O3. The number of nitrogens with two attached hydrogens (primary N) is 1. The van der Waals surface area contributed by atoms with Gasteiger partial charge in [0.25, 0.3) is 0 Å². The maximum atomic E-state index is 12.4. The largest absolute Gasteiger partial charge is 0.478 e. The molecule has 0 spiro atoms. The highest BCUT2D eigenvalue weighted by atomic mass is 16.4. The van der Waals surface area contributed by atoms with E-state index in [9.17, 15) is 9.59 Å². The van der Waals surface area contributed by atoms with Gasteiger partial charge in [-0.25, -0.2) is 4.79 Å². The van der Waals surface area contributed by atoms with Crippen LogP contribution < -0.4 is 11.1 Å². The Morgan fingerprint density at radius 3 is 2.55 bits per heavy atom. The van der Waals surface area contributed by atoms with Crippen molar-refractivity contribution in [2.45, 2.75) is 25.3 Å². The van der Waals surface area contributed by atoms with E-state index < -0.39 is 5.97 Å². The number of hydrogen-bond donors (Lipinski definition) is 3. The Morgan fingerprint density at radius 1 is 1.20 bits per heavy atom. The first kappa shape index (κ1) is 13.1. The lowest BCUT2D eigenvalue weighted by Crippen LogP contribution is -2.42. The average Bonchev–Trinajstić information content (AvgIpc) is 2.99. The first-order chi connectivity index (χ1) is 9.58. The number of aromatic carboxylic acids is 1. The van der Waals surface area contributed by atoms with Crippen molar-refractivity contribution in [3.8, 4) is 0 Å². The zero-order valence-corrected chi connectivity index (χ0v) is 11.1. The second-order valence-corrected chi connectivity index (χ2v) is 5.78. The van der Waals surface area contributed by atoms with E-state index in [0.29, 0.717) is 17.5 Å². The lowest BCUT2D eigenvalue weighted by atomic mass is 9.84. The third-order valence-electron chi connectivity index (χ3n) is 4.70. The number of fused-ring (bicyclic) bond motifs is 2. The normalized spacial score (nSPS) is 31.2. The van der Waals surface area contributed by atoms with E-state index in [1.165, 1.54) is 6.07 Å². The lowest BCUT2D eigenvalue weighted by Gasteiger charge is -2.27. The van der Waals surface area contributed by atoms with Crippen molar-refractivity contribution < 1.29 is 14.7 Å². The molecule has 1 amide bonds. The van der Waals surface area contributed by atoms with Gasteiger partial charge in [-0.15, -0.1) is 0 Å². The van der Waals surface area contributed by atoms with Crippen LogP contribution in [-0.4, -0.2) is 23.0 Å². The van der Waals surface area contributed by atoms with Crippen molar-refractivity contribution in [1.29, 1.82) is 0 Å². The molecular weight excluding hydrogens is 256 g/mol. The SMILES string of the molecule is NC1C2CCC(C2)C1C(=O)Nc1ccccc1C(=O)O. The molecule has 0 heterocycles. The molecule has 0 aromatic heterocycles. The summed E-state index contributed by atoms with van der Waals surface area (Å²) < 4.78 is 0. The molecule has 2 fully saturated rings. The van der Waals surface area contributed by atoms with Crippen molar-refractivity contribution in [2.24, 2.45) is 23.5 Å². The molecule has 5 heteroatoms. The van der Waals surface area contributed by atoms with Crippen molar-refractivity contribution in [2.75, 3.05) is 5.32 Å². The third kappa shape index (κ3) is 2.08. The summed E-state index contributed by atoms with van der Waals surface area (Å²) in [6.45, 7) is 0. The van der Waals surface area contributed by atoms with Crippen LogP contribution in [0.3, 0.4) is 0 Å². The van der Waals surface area contributed by atoms with Crippen LogP contribution in [-0.2, 0) is 4.79 Å². The highest BCUT2D eigenvalue weighted by Gasteiger charge is 2.49. The number of carbonyl (C=O) groups is 2. The van der Waals surface area contributed by atoms with Gasteiger partial charge in [-0.2, -0.15) is 0 Å². The van der Waals surface area contributed by atoms with Crippen molar-refractivity contribution in [1.82, 2.24) is 0 Å². The van der Waals surface area contributed by atoms with Crippen LogP contribution in [0.2, 0.25) is 0 Å². The molecule has 4 unspecified atom stereocenters. The summed E-state index contributed by atoms with van der Waals surface area (Å²) in [5, 5.41) is 11.9. The molecule has 3 rings (SSSR count). The molecule has 106 valence electrons. The summed E-state index contributed by atoms with van der Waals surface area (Å²) in [6.07, 6.45) is 3.19. The summed E-state index contributed by atoms with van der Waals surface area (Å²) in [6, 6.07) is 6.36. The summed E-state index contributed by atoms with van der Waals surface area (Å²) in [7, 11) is 0. The Morgan fingerprint density at radius 2 is 1.90 bits per heavy atom. The Hall–Kier alpha value is -1.88. The molecule has 2 aliphatic carbocycles. The van der Waals surface area contributed by atoms with Gasteiger partial charge in [0.1, 0.15) is 0 Å². The van der Waals surface area contributed by atoms with Gasteiger partial charge in [-0.05, 0) is 43.2 Å². The zero-order valence-electron chi connectivity index (χ0n) is 11.1. The van der Waals surface area contributed by atoms with E-state index in [0.717, 1.165) is 19.3 Å². The number of benzene rings is 1. The predicted molar refractivity (Wildman–Crippen MR) is 74.3 cm³/mol. The van der Waals surface area contributed by atoms with Gasteiger partial charge >= 0.3 is 5.97 Å². The van der Waals surface area contributed by atoms with E-state index in [2.05, 4.69) is 5.32 Å². The molecule has 1 aromatic carbocycles. The van der Waals surface area contributed by atoms with E-state index in [1.54, 1.807) is 18.2 Å². The number of carboxylic acids is 1. The number of nitrogens with one attached hydrogen (secondary N) is 1. The Bertz CT molecular complexity index is 556. The molecule has 4 atom stereocenters. The summed E-state index contributed by atoms with van der Waals surface area (Å²) in [4.78, 5) is 23.5. The Balaban J connectivity index is 1.78. The van der Waals surface area contributed by atoms with Crippen molar-refractivity contribution in [3.63, 3.8) is 0 Å². The Kier molecular flexibility index (Phi) is 3.22. The number of amides is 1. The molecule has 0 radical (unpaired) electrons. The smallest absolute Gasteiger partial charge is 0.337 e. The van der Waals surface area contributed by atoms with Gasteiger partial charge in [-0.3, -0.25) is 4.79 Å². The number of anilines is 1. The molecule has 2 aliphatic rings. The minimum absolute atomic E-state index is 0.0919. The molecule has 2 saturated carbocycles. The number of hydrogen-bond acceptors (Lipinski definition) is 3. The number of para-hydroxylation sites is 1. The Labute approximate surface area is 117 Å². The fourth-order valence-corrected chi connectivity index (χ4v) is 3.72. The topological polar surface area (TPSA) is 92.4 Å². The van der Waals surface area contributed by atoms with E-state index in [4.69, 9.17) is 10.8 Å². The highest BCUT2D eigenvalue weighted by molar-refractivity contribution is 6.01. The first-order valence-corrected chi connectivity index (χ1v) is 6.96. The average molecular weight is 274 g/mol.